The summed E-state index contributed by atoms with van der Waals surface area (Å²) in [6.07, 6.45) is 2.29. The maximum atomic E-state index is 5.94. The van der Waals surface area contributed by atoms with Gasteiger partial charge in [0.25, 0.3) is 0 Å². The number of fused-ring (bicyclic) bond motifs is 1. The van der Waals surface area contributed by atoms with Crippen molar-refractivity contribution in [2.45, 2.75) is 6.42 Å². The minimum absolute atomic E-state index is 0.477. The van der Waals surface area contributed by atoms with Gasteiger partial charge < -0.3 is 0 Å². The van der Waals surface area contributed by atoms with Gasteiger partial charge in [0.2, 0.25) is 0 Å². The van der Waals surface area contributed by atoms with Crippen LogP contribution in [0.3, 0.4) is 0 Å². The van der Waals surface area contributed by atoms with Gasteiger partial charge in [0.15, 0.2) is 0 Å². The SMILES string of the molecule is Clc1ncnc2cc(C#CCCBr)ccc12. The number of benzene rings is 1. The Balaban J connectivity index is 2.42. The lowest BCUT2D eigenvalue weighted by molar-refractivity contribution is 1.22. The molecule has 0 atom stereocenters. The smallest absolute Gasteiger partial charge is 0.140 e. The summed E-state index contributed by atoms with van der Waals surface area (Å²) in [5.74, 6) is 6.13. The minimum atomic E-state index is 0.477. The summed E-state index contributed by atoms with van der Waals surface area (Å²) in [4.78, 5) is 8.08. The van der Waals surface area contributed by atoms with Crippen LogP contribution in [0.2, 0.25) is 5.15 Å². The molecule has 0 aliphatic rings. The Hall–Kier alpha value is -1.11. The summed E-state index contributed by atoms with van der Waals surface area (Å²) in [5, 5.41) is 2.22. The molecule has 0 aliphatic heterocycles. The monoisotopic (exact) mass is 294 g/mol. The molecule has 2 nitrogen and oxygen atoms in total. The molecule has 0 spiro atoms. The third-order valence-electron chi connectivity index (χ3n) is 2.04. The summed E-state index contributed by atoms with van der Waals surface area (Å²) in [6, 6.07) is 5.75. The Morgan fingerprint density at radius 1 is 1.31 bits per heavy atom. The van der Waals surface area contributed by atoms with E-state index in [1.165, 1.54) is 6.33 Å². The van der Waals surface area contributed by atoms with E-state index in [2.05, 4.69) is 37.7 Å². The van der Waals surface area contributed by atoms with Crippen LogP contribution in [0.1, 0.15) is 12.0 Å². The quantitative estimate of drug-likeness (QED) is 0.458. The first-order valence-corrected chi connectivity index (χ1v) is 6.26. The molecule has 0 unspecified atom stereocenters. The van der Waals surface area contributed by atoms with Gasteiger partial charge in [-0.05, 0) is 18.2 Å². The Morgan fingerprint density at radius 2 is 2.19 bits per heavy atom. The second kappa shape index (κ2) is 5.29. The van der Waals surface area contributed by atoms with Crippen LogP contribution in [-0.4, -0.2) is 15.3 Å². The Bertz CT molecular complexity index is 572. The van der Waals surface area contributed by atoms with E-state index in [0.29, 0.717) is 5.15 Å². The molecule has 4 heteroatoms. The fourth-order valence-corrected chi connectivity index (χ4v) is 1.72. The van der Waals surface area contributed by atoms with Gasteiger partial charge in [-0.2, -0.15) is 0 Å². The number of aromatic nitrogens is 2. The lowest BCUT2D eigenvalue weighted by Crippen LogP contribution is -1.84. The topological polar surface area (TPSA) is 25.8 Å². The first-order valence-electron chi connectivity index (χ1n) is 4.76. The van der Waals surface area contributed by atoms with Crippen LogP contribution >= 0.6 is 27.5 Å². The minimum Gasteiger partial charge on any atom is -0.236 e. The molecular formula is C12H8BrClN2. The highest BCUT2D eigenvalue weighted by Gasteiger charge is 2.00. The van der Waals surface area contributed by atoms with Crippen LogP contribution < -0.4 is 0 Å². The second-order valence-corrected chi connectivity index (χ2v) is 4.29. The van der Waals surface area contributed by atoms with E-state index in [4.69, 9.17) is 11.6 Å². The van der Waals surface area contributed by atoms with Gasteiger partial charge in [-0.15, -0.1) is 0 Å². The molecule has 0 radical (unpaired) electrons. The molecular weight excluding hydrogens is 288 g/mol. The first kappa shape index (κ1) is 11.4. The van der Waals surface area contributed by atoms with Crippen LogP contribution in [-0.2, 0) is 0 Å². The predicted molar refractivity (Wildman–Crippen MR) is 69.8 cm³/mol. The van der Waals surface area contributed by atoms with Gasteiger partial charge in [-0.1, -0.05) is 39.4 Å². The summed E-state index contributed by atoms with van der Waals surface area (Å²) >= 11 is 9.27. The van der Waals surface area contributed by atoms with Crippen LogP contribution in [0.25, 0.3) is 10.9 Å². The van der Waals surface area contributed by atoms with Gasteiger partial charge in [-0.25, -0.2) is 9.97 Å². The molecule has 1 heterocycles. The van der Waals surface area contributed by atoms with Crippen molar-refractivity contribution >= 4 is 38.4 Å². The van der Waals surface area contributed by atoms with E-state index in [9.17, 15) is 0 Å². The largest absolute Gasteiger partial charge is 0.236 e. The number of hydrogen-bond donors (Lipinski definition) is 0. The highest BCUT2D eigenvalue weighted by atomic mass is 79.9. The van der Waals surface area contributed by atoms with Crippen molar-refractivity contribution < 1.29 is 0 Å². The van der Waals surface area contributed by atoms with Crippen molar-refractivity contribution in [3.05, 3.63) is 35.2 Å². The zero-order valence-corrected chi connectivity index (χ0v) is 10.7. The zero-order valence-electron chi connectivity index (χ0n) is 8.37. The summed E-state index contributed by atoms with van der Waals surface area (Å²) < 4.78 is 0. The van der Waals surface area contributed by atoms with Crippen LogP contribution in [0.4, 0.5) is 0 Å². The average Bonchev–Trinajstić information content (AvgIpc) is 2.30. The predicted octanol–water partition coefficient (Wildman–Crippen LogP) is 3.42. The normalized spacial score (nSPS) is 9.88. The first-order chi connectivity index (χ1) is 7.81. The third-order valence-corrected chi connectivity index (χ3v) is 2.74. The summed E-state index contributed by atoms with van der Waals surface area (Å²) in [5.41, 5.74) is 1.77. The van der Waals surface area contributed by atoms with E-state index in [0.717, 1.165) is 28.2 Å². The van der Waals surface area contributed by atoms with Gasteiger partial charge in [0.05, 0.1) is 5.52 Å². The molecule has 80 valence electrons. The maximum absolute atomic E-state index is 5.94. The van der Waals surface area contributed by atoms with E-state index in [1.54, 1.807) is 0 Å². The number of halogens is 2. The highest BCUT2D eigenvalue weighted by Crippen LogP contribution is 2.19. The molecule has 1 aromatic carbocycles. The fourth-order valence-electron chi connectivity index (χ4n) is 1.31. The van der Waals surface area contributed by atoms with Gasteiger partial charge in [-0.3, -0.25) is 0 Å². The molecule has 16 heavy (non-hydrogen) atoms. The van der Waals surface area contributed by atoms with Crippen LogP contribution in [0, 0.1) is 11.8 Å². The van der Waals surface area contributed by atoms with E-state index in [-0.39, 0.29) is 0 Å². The number of nitrogens with zero attached hydrogens (tertiary/aromatic N) is 2. The van der Waals surface area contributed by atoms with E-state index >= 15 is 0 Å². The zero-order chi connectivity index (χ0) is 11.4. The molecule has 2 rings (SSSR count). The van der Waals surface area contributed by atoms with Crippen LogP contribution in [0.5, 0.6) is 0 Å². The third kappa shape index (κ3) is 2.52. The van der Waals surface area contributed by atoms with Crippen molar-refractivity contribution in [3.8, 4) is 11.8 Å². The second-order valence-electron chi connectivity index (χ2n) is 3.14. The number of rotatable bonds is 1. The standard InChI is InChI=1S/C12H8BrClN2/c13-6-2-1-3-9-4-5-10-11(7-9)15-8-16-12(10)14/h4-5,7-8H,2,6H2. The Kier molecular flexibility index (Phi) is 3.76. The fraction of sp³-hybridized carbons (Fsp3) is 0.167. The Morgan fingerprint density at radius 3 is 3.00 bits per heavy atom. The number of alkyl halides is 1. The van der Waals surface area contributed by atoms with Gasteiger partial charge >= 0.3 is 0 Å². The Labute approximate surface area is 107 Å². The van der Waals surface area contributed by atoms with Crippen molar-refractivity contribution in [2.75, 3.05) is 5.33 Å². The number of hydrogen-bond acceptors (Lipinski definition) is 2. The van der Waals surface area contributed by atoms with E-state index in [1.807, 2.05) is 18.2 Å². The summed E-state index contributed by atoms with van der Waals surface area (Å²) in [6.45, 7) is 0. The van der Waals surface area contributed by atoms with Gasteiger partial charge in [0, 0.05) is 22.7 Å². The van der Waals surface area contributed by atoms with Crippen molar-refractivity contribution in [3.63, 3.8) is 0 Å². The molecule has 2 aromatic rings. The van der Waals surface area contributed by atoms with Crippen LogP contribution in [0.15, 0.2) is 24.5 Å². The molecule has 0 aliphatic carbocycles. The molecule has 0 saturated heterocycles. The lowest BCUT2D eigenvalue weighted by Gasteiger charge is -1.98. The summed E-state index contributed by atoms with van der Waals surface area (Å²) in [7, 11) is 0. The average molecular weight is 296 g/mol. The lowest BCUT2D eigenvalue weighted by atomic mass is 10.1. The molecule has 0 bridgehead atoms. The van der Waals surface area contributed by atoms with Gasteiger partial charge in [0.1, 0.15) is 11.5 Å². The molecule has 0 saturated carbocycles. The molecule has 1 aromatic heterocycles. The maximum Gasteiger partial charge on any atom is 0.140 e. The van der Waals surface area contributed by atoms with Crippen molar-refractivity contribution in [2.24, 2.45) is 0 Å². The van der Waals surface area contributed by atoms with Crippen molar-refractivity contribution in [1.29, 1.82) is 0 Å². The molecule has 0 amide bonds. The van der Waals surface area contributed by atoms with Crippen molar-refractivity contribution in [1.82, 2.24) is 9.97 Å². The molecule has 0 fully saturated rings. The highest BCUT2D eigenvalue weighted by molar-refractivity contribution is 9.09. The molecule has 0 N–H and O–H groups in total. The van der Waals surface area contributed by atoms with E-state index < -0.39 is 0 Å².